The minimum atomic E-state index is -3.15. The molecule has 0 spiro atoms. The highest BCUT2D eigenvalue weighted by molar-refractivity contribution is 5.87. The van der Waals surface area contributed by atoms with Crippen LogP contribution in [0.4, 0.5) is 13.2 Å². The molecule has 0 fully saturated rings. The SMILES string of the molecule is CCOC(=O)c1cc(C(F)C(F)F)[nH]n1. The zero-order valence-corrected chi connectivity index (χ0v) is 7.84. The smallest absolute Gasteiger partial charge is 0.358 e. The summed E-state index contributed by atoms with van der Waals surface area (Å²) < 4.78 is 41.2. The molecule has 0 amide bonds. The summed E-state index contributed by atoms with van der Waals surface area (Å²) >= 11 is 0. The molecule has 1 heterocycles. The molecular weight excluding hydrogens is 213 g/mol. The summed E-state index contributed by atoms with van der Waals surface area (Å²) in [6.45, 7) is 1.72. The molecule has 0 saturated carbocycles. The highest BCUT2D eigenvalue weighted by atomic mass is 19.3. The molecule has 1 atom stereocenters. The molecule has 0 radical (unpaired) electrons. The van der Waals surface area contributed by atoms with Crippen LogP contribution in [0.3, 0.4) is 0 Å². The van der Waals surface area contributed by atoms with Gasteiger partial charge in [0, 0.05) is 0 Å². The lowest BCUT2D eigenvalue weighted by Crippen LogP contribution is -2.05. The van der Waals surface area contributed by atoms with Crippen molar-refractivity contribution >= 4 is 5.97 Å². The fourth-order valence-corrected chi connectivity index (χ4v) is 0.923. The van der Waals surface area contributed by atoms with Crippen LogP contribution in [0.25, 0.3) is 0 Å². The number of nitrogens with zero attached hydrogens (tertiary/aromatic N) is 1. The highest BCUT2D eigenvalue weighted by Gasteiger charge is 2.25. The molecule has 1 unspecified atom stereocenters. The summed E-state index contributed by atoms with van der Waals surface area (Å²) in [6, 6.07) is 0.912. The highest BCUT2D eigenvalue weighted by Crippen LogP contribution is 2.23. The van der Waals surface area contributed by atoms with Crippen molar-refractivity contribution in [3.05, 3.63) is 17.5 Å². The number of hydrogen-bond acceptors (Lipinski definition) is 3. The number of carbonyl (C=O) groups excluding carboxylic acids is 1. The second kappa shape index (κ2) is 4.81. The number of aromatic amines is 1. The van der Waals surface area contributed by atoms with Gasteiger partial charge in [0.1, 0.15) is 0 Å². The average molecular weight is 222 g/mol. The van der Waals surface area contributed by atoms with Gasteiger partial charge >= 0.3 is 5.97 Å². The van der Waals surface area contributed by atoms with Gasteiger partial charge in [-0.05, 0) is 13.0 Å². The number of alkyl halides is 3. The Morgan fingerprint density at radius 1 is 1.60 bits per heavy atom. The summed E-state index contributed by atoms with van der Waals surface area (Å²) in [4.78, 5) is 11.0. The third-order valence-electron chi connectivity index (χ3n) is 1.60. The number of hydrogen-bond donors (Lipinski definition) is 1. The number of halogens is 3. The third kappa shape index (κ3) is 2.71. The summed E-state index contributed by atoms with van der Waals surface area (Å²) in [7, 11) is 0. The maximum Gasteiger partial charge on any atom is 0.358 e. The van der Waals surface area contributed by atoms with Crippen molar-refractivity contribution in [1.82, 2.24) is 10.2 Å². The number of nitrogens with one attached hydrogen (secondary N) is 1. The predicted molar refractivity (Wildman–Crippen MR) is 44.4 cm³/mol. The van der Waals surface area contributed by atoms with E-state index in [1.165, 1.54) is 0 Å². The maximum absolute atomic E-state index is 12.7. The Kier molecular flexibility index (Phi) is 3.70. The zero-order chi connectivity index (χ0) is 11.4. The fraction of sp³-hybridized carbons (Fsp3) is 0.500. The van der Waals surface area contributed by atoms with Crippen molar-refractivity contribution in [2.45, 2.75) is 19.5 Å². The largest absolute Gasteiger partial charge is 0.461 e. The van der Waals surface area contributed by atoms with E-state index in [2.05, 4.69) is 9.84 Å². The number of H-pyrrole nitrogens is 1. The Bertz CT molecular complexity index is 340. The van der Waals surface area contributed by atoms with Crippen LogP contribution in [0.15, 0.2) is 6.07 Å². The van der Waals surface area contributed by atoms with E-state index in [1.54, 1.807) is 6.92 Å². The van der Waals surface area contributed by atoms with Crippen molar-refractivity contribution in [2.24, 2.45) is 0 Å². The van der Waals surface area contributed by atoms with Gasteiger partial charge in [0.25, 0.3) is 6.43 Å². The van der Waals surface area contributed by atoms with Crippen LogP contribution in [0.1, 0.15) is 29.3 Å². The maximum atomic E-state index is 12.7. The first-order valence-corrected chi connectivity index (χ1v) is 4.21. The van der Waals surface area contributed by atoms with Crippen molar-refractivity contribution < 1.29 is 22.7 Å². The normalized spacial score (nSPS) is 12.9. The van der Waals surface area contributed by atoms with E-state index in [-0.39, 0.29) is 12.3 Å². The molecule has 1 N–H and O–H groups in total. The molecule has 1 aromatic heterocycles. The Labute approximate surface area is 83.4 Å². The van der Waals surface area contributed by atoms with E-state index >= 15 is 0 Å². The van der Waals surface area contributed by atoms with E-state index in [0.717, 1.165) is 6.07 Å². The van der Waals surface area contributed by atoms with Gasteiger partial charge in [0.05, 0.1) is 12.3 Å². The van der Waals surface area contributed by atoms with Crippen LogP contribution in [-0.2, 0) is 4.74 Å². The fourth-order valence-electron chi connectivity index (χ4n) is 0.923. The molecule has 15 heavy (non-hydrogen) atoms. The molecule has 84 valence electrons. The summed E-state index contributed by atoms with van der Waals surface area (Å²) in [5, 5.41) is 5.39. The second-order valence-electron chi connectivity index (χ2n) is 2.67. The standard InChI is InChI=1S/C8H9F3N2O2/c1-2-15-8(14)5-3-4(12-13-5)6(9)7(10)11/h3,6-7H,2H2,1H3,(H,12,13). The van der Waals surface area contributed by atoms with Crippen LogP contribution in [0.5, 0.6) is 0 Å². The van der Waals surface area contributed by atoms with Crippen molar-refractivity contribution in [3.8, 4) is 0 Å². The van der Waals surface area contributed by atoms with Crippen molar-refractivity contribution in [3.63, 3.8) is 0 Å². The molecule has 0 aromatic carbocycles. The Morgan fingerprint density at radius 3 is 2.80 bits per heavy atom. The first-order valence-electron chi connectivity index (χ1n) is 4.21. The molecule has 4 nitrogen and oxygen atoms in total. The van der Waals surface area contributed by atoms with Crippen LogP contribution in [0.2, 0.25) is 0 Å². The predicted octanol–water partition coefficient (Wildman–Crippen LogP) is 1.86. The quantitative estimate of drug-likeness (QED) is 0.791. The summed E-state index contributed by atoms with van der Waals surface area (Å²) in [5.74, 6) is -0.776. The number of aromatic nitrogens is 2. The Morgan fingerprint density at radius 2 is 2.27 bits per heavy atom. The van der Waals surface area contributed by atoms with Gasteiger partial charge in [-0.25, -0.2) is 18.0 Å². The van der Waals surface area contributed by atoms with Gasteiger partial charge in [0.15, 0.2) is 5.69 Å². The molecule has 0 bridgehead atoms. The molecular formula is C8H9F3N2O2. The van der Waals surface area contributed by atoms with Gasteiger partial charge in [0.2, 0.25) is 6.17 Å². The molecule has 0 aliphatic carbocycles. The van der Waals surface area contributed by atoms with Gasteiger partial charge in [-0.3, -0.25) is 5.10 Å². The van der Waals surface area contributed by atoms with Crippen molar-refractivity contribution in [2.75, 3.05) is 6.61 Å². The van der Waals surface area contributed by atoms with Crippen LogP contribution in [-0.4, -0.2) is 29.2 Å². The van der Waals surface area contributed by atoms with E-state index in [0.29, 0.717) is 0 Å². The lowest BCUT2D eigenvalue weighted by molar-refractivity contribution is 0.0470. The summed E-state index contributed by atoms with van der Waals surface area (Å²) in [6.07, 6.45) is -5.62. The van der Waals surface area contributed by atoms with Gasteiger partial charge in [-0.1, -0.05) is 0 Å². The van der Waals surface area contributed by atoms with Gasteiger partial charge < -0.3 is 4.74 Å². The topological polar surface area (TPSA) is 55.0 Å². The number of ether oxygens (including phenoxy) is 1. The Balaban J connectivity index is 2.76. The lowest BCUT2D eigenvalue weighted by Gasteiger charge is -2.01. The van der Waals surface area contributed by atoms with E-state index in [1.807, 2.05) is 5.10 Å². The first-order chi connectivity index (χ1) is 7.06. The first kappa shape index (κ1) is 11.5. The van der Waals surface area contributed by atoms with E-state index in [9.17, 15) is 18.0 Å². The third-order valence-corrected chi connectivity index (χ3v) is 1.60. The van der Waals surface area contributed by atoms with Crippen LogP contribution in [0, 0.1) is 0 Å². The lowest BCUT2D eigenvalue weighted by atomic mass is 10.2. The van der Waals surface area contributed by atoms with E-state index < -0.39 is 24.3 Å². The van der Waals surface area contributed by atoms with E-state index in [4.69, 9.17) is 0 Å². The molecule has 0 aliphatic heterocycles. The number of rotatable bonds is 4. The second-order valence-corrected chi connectivity index (χ2v) is 2.67. The van der Waals surface area contributed by atoms with Gasteiger partial charge in [-0.2, -0.15) is 5.10 Å². The average Bonchev–Trinajstić information content (AvgIpc) is 2.65. The van der Waals surface area contributed by atoms with Crippen molar-refractivity contribution in [1.29, 1.82) is 0 Å². The monoisotopic (exact) mass is 222 g/mol. The molecule has 0 aliphatic rings. The molecule has 7 heteroatoms. The molecule has 1 rings (SSSR count). The van der Waals surface area contributed by atoms with Gasteiger partial charge in [-0.15, -0.1) is 0 Å². The molecule has 0 saturated heterocycles. The number of carbonyl (C=O) groups is 1. The minimum absolute atomic E-state index is 0.134. The van der Waals surface area contributed by atoms with Crippen LogP contribution < -0.4 is 0 Å². The minimum Gasteiger partial charge on any atom is -0.461 e. The molecule has 1 aromatic rings. The summed E-state index contributed by atoms with van der Waals surface area (Å²) in [5.41, 5.74) is -0.650. The number of esters is 1. The van der Waals surface area contributed by atoms with Crippen LogP contribution >= 0.6 is 0 Å². The Hall–Kier alpha value is -1.53. The zero-order valence-electron chi connectivity index (χ0n) is 7.84.